The Morgan fingerprint density at radius 2 is 1.85 bits per heavy atom. The molecular weight excluding hydrogens is 371 g/mol. The second-order valence-electron chi connectivity index (χ2n) is 6.55. The van der Waals surface area contributed by atoms with Crippen LogP contribution in [0.5, 0.6) is 0 Å². The molecule has 1 fully saturated rings. The van der Waals surface area contributed by atoms with Crippen LogP contribution in [-0.4, -0.2) is 65.7 Å². The van der Waals surface area contributed by atoms with Crippen molar-refractivity contribution in [3.05, 3.63) is 47.5 Å². The molecule has 1 aliphatic rings. The number of benzene rings is 1. The predicted molar refractivity (Wildman–Crippen MR) is 99.8 cm³/mol. The first-order valence-electron chi connectivity index (χ1n) is 8.88. The lowest BCUT2D eigenvalue weighted by Crippen LogP contribution is -2.37. The first-order valence-corrected chi connectivity index (χ1v) is 10.7. The molecule has 0 spiro atoms. The summed E-state index contributed by atoms with van der Waals surface area (Å²) in [6.45, 7) is 3.48. The lowest BCUT2D eigenvalue weighted by Gasteiger charge is -2.21. The molecule has 2 aromatic rings. The molecule has 2 heterocycles. The van der Waals surface area contributed by atoms with Gasteiger partial charge in [-0.15, -0.1) is 0 Å². The van der Waals surface area contributed by atoms with Gasteiger partial charge < -0.3 is 4.90 Å². The summed E-state index contributed by atoms with van der Waals surface area (Å²) >= 11 is 0. The molecule has 1 saturated heterocycles. The van der Waals surface area contributed by atoms with Gasteiger partial charge in [0.05, 0.1) is 29.4 Å². The normalized spacial score (nSPS) is 16.3. The molecule has 1 aromatic carbocycles. The van der Waals surface area contributed by atoms with Gasteiger partial charge in [-0.05, 0) is 37.1 Å². The van der Waals surface area contributed by atoms with Gasteiger partial charge in [-0.3, -0.25) is 4.79 Å². The summed E-state index contributed by atoms with van der Waals surface area (Å²) in [7, 11) is -3.26. The standard InChI is InChI=1S/C18H23FN4O3S/c1-3-17-16(13-20-23(17)15-7-5-14(19)6-8-15)18(24)21-9-4-10-22(12-11-21)27(2,25)26/h5-8,13H,3-4,9-12H2,1-2H3. The minimum absolute atomic E-state index is 0.157. The number of carbonyl (C=O) groups excluding carboxylic acids is 1. The number of aromatic nitrogens is 2. The third kappa shape index (κ3) is 4.19. The molecule has 0 radical (unpaired) electrons. The van der Waals surface area contributed by atoms with Crippen LogP contribution in [0.15, 0.2) is 30.5 Å². The molecule has 0 unspecified atom stereocenters. The highest BCUT2D eigenvalue weighted by Gasteiger charge is 2.27. The summed E-state index contributed by atoms with van der Waals surface area (Å²) in [5, 5.41) is 4.32. The first-order chi connectivity index (χ1) is 12.8. The number of halogens is 1. The van der Waals surface area contributed by atoms with Crippen molar-refractivity contribution in [1.82, 2.24) is 19.0 Å². The van der Waals surface area contributed by atoms with E-state index < -0.39 is 10.0 Å². The molecule has 27 heavy (non-hydrogen) atoms. The van der Waals surface area contributed by atoms with Crippen molar-refractivity contribution in [3.8, 4) is 5.69 Å². The van der Waals surface area contributed by atoms with Gasteiger partial charge in [0.1, 0.15) is 5.82 Å². The molecule has 0 bridgehead atoms. The van der Waals surface area contributed by atoms with Gasteiger partial charge in [-0.2, -0.15) is 5.10 Å². The highest BCUT2D eigenvalue weighted by Crippen LogP contribution is 2.19. The minimum Gasteiger partial charge on any atom is -0.337 e. The lowest BCUT2D eigenvalue weighted by molar-refractivity contribution is 0.0763. The second-order valence-corrected chi connectivity index (χ2v) is 8.54. The highest BCUT2D eigenvalue weighted by atomic mass is 32.2. The van der Waals surface area contributed by atoms with E-state index in [9.17, 15) is 17.6 Å². The Balaban J connectivity index is 1.84. The molecule has 146 valence electrons. The van der Waals surface area contributed by atoms with E-state index in [1.54, 1.807) is 21.7 Å². The summed E-state index contributed by atoms with van der Waals surface area (Å²) in [6, 6.07) is 5.94. The third-order valence-electron chi connectivity index (χ3n) is 4.72. The van der Waals surface area contributed by atoms with Gasteiger partial charge in [0.2, 0.25) is 10.0 Å². The van der Waals surface area contributed by atoms with Crippen LogP contribution in [0.1, 0.15) is 29.4 Å². The summed E-state index contributed by atoms with van der Waals surface area (Å²) in [5.41, 5.74) is 1.93. The van der Waals surface area contributed by atoms with Crippen molar-refractivity contribution in [2.24, 2.45) is 0 Å². The zero-order valence-corrected chi connectivity index (χ0v) is 16.2. The van der Waals surface area contributed by atoms with Crippen LogP contribution in [0.3, 0.4) is 0 Å². The summed E-state index contributed by atoms with van der Waals surface area (Å²) in [5.74, 6) is -0.490. The Kier molecular flexibility index (Phi) is 5.61. The van der Waals surface area contributed by atoms with Crippen LogP contribution in [0.2, 0.25) is 0 Å². The van der Waals surface area contributed by atoms with Crippen LogP contribution < -0.4 is 0 Å². The number of carbonyl (C=O) groups is 1. The van der Waals surface area contributed by atoms with Crippen molar-refractivity contribution < 1.29 is 17.6 Å². The maximum absolute atomic E-state index is 13.2. The fraction of sp³-hybridized carbons (Fsp3) is 0.444. The number of amides is 1. The SMILES string of the molecule is CCc1c(C(=O)N2CCCN(S(C)(=O)=O)CC2)cnn1-c1ccc(F)cc1. The fourth-order valence-electron chi connectivity index (χ4n) is 3.30. The number of hydrogen-bond donors (Lipinski definition) is 0. The van der Waals surface area contributed by atoms with Crippen molar-refractivity contribution in [3.63, 3.8) is 0 Å². The van der Waals surface area contributed by atoms with Gasteiger partial charge in [-0.25, -0.2) is 21.8 Å². The van der Waals surface area contributed by atoms with Gasteiger partial charge in [0.25, 0.3) is 5.91 Å². The van der Waals surface area contributed by atoms with Crippen molar-refractivity contribution >= 4 is 15.9 Å². The van der Waals surface area contributed by atoms with Crippen LogP contribution in [0.4, 0.5) is 4.39 Å². The zero-order valence-electron chi connectivity index (χ0n) is 15.4. The number of rotatable bonds is 4. The van der Waals surface area contributed by atoms with E-state index in [0.717, 1.165) is 5.69 Å². The van der Waals surface area contributed by atoms with Gasteiger partial charge >= 0.3 is 0 Å². The van der Waals surface area contributed by atoms with E-state index in [1.165, 1.54) is 28.9 Å². The maximum Gasteiger partial charge on any atom is 0.257 e. The Labute approximate surface area is 158 Å². The van der Waals surface area contributed by atoms with E-state index in [-0.39, 0.29) is 18.3 Å². The summed E-state index contributed by atoms with van der Waals surface area (Å²) in [6.07, 6.45) is 3.89. The second kappa shape index (κ2) is 7.77. The van der Waals surface area contributed by atoms with Crippen molar-refractivity contribution in [2.75, 3.05) is 32.4 Å². The van der Waals surface area contributed by atoms with E-state index in [4.69, 9.17) is 0 Å². The molecule has 0 atom stereocenters. The Morgan fingerprint density at radius 3 is 2.48 bits per heavy atom. The van der Waals surface area contributed by atoms with Gasteiger partial charge in [0.15, 0.2) is 0 Å². The summed E-state index contributed by atoms with van der Waals surface area (Å²) in [4.78, 5) is 14.7. The largest absolute Gasteiger partial charge is 0.337 e. The quantitative estimate of drug-likeness (QED) is 0.791. The van der Waals surface area contributed by atoms with Gasteiger partial charge in [-0.1, -0.05) is 6.92 Å². The number of sulfonamides is 1. The first kappa shape index (κ1) is 19.5. The molecule has 0 aliphatic carbocycles. The monoisotopic (exact) mass is 394 g/mol. The van der Waals surface area contributed by atoms with E-state index in [2.05, 4.69) is 5.10 Å². The topological polar surface area (TPSA) is 75.5 Å². The van der Waals surface area contributed by atoms with Crippen molar-refractivity contribution in [1.29, 1.82) is 0 Å². The van der Waals surface area contributed by atoms with Gasteiger partial charge in [0, 0.05) is 26.2 Å². The molecule has 1 amide bonds. The predicted octanol–water partition coefficient (Wildman–Crippen LogP) is 1.68. The number of hydrogen-bond acceptors (Lipinski definition) is 4. The molecule has 7 nitrogen and oxygen atoms in total. The van der Waals surface area contributed by atoms with Crippen LogP contribution in [-0.2, 0) is 16.4 Å². The average Bonchev–Trinajstić information content (AvgIpc) is 2.88. The fourth-order valence-corrected chi connectivity index (χ4v) is 4.17. The molecule has 0 saturated carbocycles. The molecule has 3 rings (SSSR count). The van der Waals surface area contributed by atoms with Crippen LogP contribution in [0, 0.1) is 5.82 Å². The Morgan fingerprint density at radius 1 is 1.15 bits per heavy atom. The zero-order chi connectivity index (χ0) is 19.6. The van der Waals surface area contributed by atoms with E-state index in [1.807, 2.05) is 6.92 Å². The number of nitrogens with zero attached hydrogens (tertiary/aromatic N) is 4. The maximum atomic E-state index is 13.2. The molecule has 9 heteroatoms. The Hall–Kier alpha value is -2.26. The third-order valence-corrected chi connectivity index (χ3v) is 6.02. The smallest absolute Gasteiger partial charge is 0.257 e. The van der Waals surface area contributed by atoms with E-state index in [0.29, 0.717) is 43.7 Å². The molecule has 0 N–H and O–H groups in total. The average molecular weight is 394 g/mol. The lowest BCUT2D eigenvalue weighted by atomic mass is 10.1. The minimum atomic E-state index is -3.26. The van der Waals surface area contributed by atoms with Crippen LogP contribution >= 0.6 is 0 Å². The van der Waals surface area contributed by atoms with Crippen molar-refractivity contribution in [2.45, 2.75) is 19.8 Å². The highest BCUT2D eigenvalue weighted by molar-refractivity contribution is 7.88. The Bertz CT molecular complexity index is 925. The molecule has 1 aromatic heterocycles. The van der Waals surface area contributed by atoms with E-state index >= 15 is 0 Å². The summed E-state index contributed by atoms with van der Waals surface area (Å²) < 4.78 is 39.7. The molecular formula is C18H23FN4O3S. The van der Waals surface area contributed by atoms with Crippen LogP contribution in [0.25, 0.3) is 5.69 Å². The molecule has 1 aliphatic heterocycles.